The SMILES string of the molecule is CCc1nn(C)c(CN(CCCCl)C2CCC2)c1Br. The summed E-state index contributed by atoms with van der Waals surface area (Å²) < 4.78 is 3.21. The highest BCUT2D eigenvalue weighted by molar-refractivity contribution is 9.10. The van der Waals surface area contributed by atoms with Crippen LogP contribution in [0.5, 0.6) is 0 Å². The van der Waals surface area contributed by atoms with Crippen LogP contribution in [0.1, 0.15) is 44.0 Å². The van der Waals surface area contributed by atoms with Crippen LogP contribution in [0.3, 0.4) is 0 Å². The Morgan fingerprint density at radius 3 is 2.68 bits per heavy atom. The summed E-state index contributed by atoms with van der Waals surface area (Å²) in [5.74, 6) is 0.746. The number of halogens is 2. The Kier molecular flexibility index (Phi) is 5.72. The molecule has 0 atom stereocenters. The molecule has 3 nitrogen and oxygen atoms in total. The Bertz CT molecular complexity index is 415. The first kappa shape index (κ1) is 15.3. The van der Waals surface area contributed by atoms with E-state index < -0.39 is 0 Å². The summed E-state index contributed by atoms with van der Waals surface area (Å²) in [6.07, 6.45) is 6.07. The zero-order valence-electron chi connectivity index (χ0n) is 11.8. The highest BCUT2D eigenvalue weighted by Crippen LogP contribution is 2.29. The summed E-state index contributed by atoms with van der Waals surface area (Å²) in [6.45, 7) is 4.22. The lowest BCUT2D eigenvalue weighted by atomic mass is 9.91. The molecule has 1 aromatic rings. The number of alkyl halides is 1. The third-order valence-corrected chi connectivity index (χ3v) is 5.21. The minimum atomic E-state index is 0.745. The van der Waals surface area contributed by atoms with Gasteiger partial charge in [-0.05, 0) is 48.2 Å². The van der Waals surface area contributed by atoms with Gasteiger partial charge in [0.25, 0.3) is 0 Å². The number of hydrogen-bond acceptors (Lipinski definition) is 2. The monoisotopic (exact) mass is 347 g/mol. The van der Waals surface area contributed by atoms with E-state index in [0.717, 1.165) is 43.5 Å². The number of aromatic nitrogens is 2. The molecule has 1 heterocycles. The van der Waals surface area contributed by atoms with Crippen molar-refractivity contribution in [3.63, 3.8) is 0 Å². The maximum Gasteiger partial charge on any atom is 0.0767 e. The van der Waals surface area contributed by atoms with Crippen molar-refractivity contribution in [1.82, 2.24) is 14.7 Å². The third kappa shape index (κ3) is 3.53. The van der Waals surface area contributed by atoms with Gasteiger partial charge in [0, 0.05) is 25.5 Å². The first-order valence-electron chi connectivity index (χ1n) is 7.17. The molecule has 5 heteroatoms. The molecule has 1 aliphatic carbocycles. The molecule has 0 N–H and O–H groups in total. The van der Waals surface area contributed by atoms with Crippen LogP contribution < -0.4 is 0 Å². The van der Waals surface area contributed by atoms with Gasteiger partial charge in [0.05, 0.1) is 15.9 Å². The Morgan fingerprint density at radius 1 is 1.47 bits per heavy atom. The van der Waals surface area contributed by atoms with Crippen molar-refractivity contribution in [2.45, 2.75) is 51.6 Å². The smallest absolute Gasteiger partial charge is 0.0767 e. The second-order valence-corrected chi connectivity index (χ2v) is 6.45. The van der Waals surface area contributed by atoms with Gasteiger partial charge in [0.15, 0.2) is 0 Å². The van der Waals surface area contributed by atoms with Crippen LogP contribution in [0.2, 0.25) is 0 Å². The zero-order valence-corrected chi connectivity index (χ0v) is 14.2. The van der Waals surface area contributed by atoms with Gasteiger partial charge < -0.3 is 0 Å². The lowest BCUT2D eigenvalue weighted by Crippen LogP contribution is -2.40. The normalized spacial score (nSPS) is 16.1. The molecule has 0 aromatic carbocycles. The quantitative estimate of drug-likeness (QED) is 0.700. The van der Waals surface area contributed by atoms with Gasteiger partial charge in [0.2, 0.25) is 0 Å². The fourth-order valence-corrected chi connectivity index (χ4v) is 3.45. The predicted molar refractivity (Wildman–Crippen MR) is 83.7 cm³/mol. The summed E-state index contributed by atoms with van der Waals surface area (Å²) in [7, 11) is 2.04. The van der Waals surface area contributed by atoms with Crippen LogP contribution in [0.15, 0.2) is 4.47 Å². The number of nitrogens with zero attached hydrogens (tertiary/aromatic N) is 3. The molecule has 1 fully saturated rings. The highest BCUT2D eigenvalue weighted by atomic mass is 79.9. The van der Waals surface area contributed by atoms with Crippen LogP contribution in [-0.2, 0) is 20.0 Å². The Hall–Kier alpha value is -0.0600. The fraction of sp³-hybridized carbons (Fsp3) is 0.786. The van der Waals surface area contributed by atoms with Crippen molar-refractivity contribution < 1.29 is 0 Å². The Morgan fingerprint density at radius 2 is 2.21 bits per heavy atom. The van der Waals surface area contributed by atoms with Gasteiger partial charge in [-0.3, -0.25) is 9.58 Å². The second-order valence-electron chi connectivity index (χ2n) is 5.28. The molecule has 0 unspecified atom stereocenters. The van der Waals surface area contributed by atoms with Gasteiger partial charge in [-0.25, -0.2) is 0 Å². The lowest BCUT2D eigenvalue weighted by Gasteiger charge is -2.37. The summed E-state index contributed by atoms with van der Waals surface area (Å²) in [5, 5.41) is 4.58. The summed E-state index contributed by atoms with van der Waals surface area (Å²) >= 11 is 9.56. The van der Waals surface area contributed by atoms with E-state index >= 15 is 0 Å². The molecule has 1 saturated carbocycles. The largest absolute Gasteiger partial charge is 0.294 e. The third-order valence-electron chi connectivity index (χ3n) is 4.03. The number of aryl methyl sites for hydroxylation is 2. The van der Waals surface area contributed by atoms with Crippen LogP contribution in [0, 0.1) is 0 Å². The first-order chi connectivity index (χ1) is 9.17. The van der Waals surface area contributed by atoms with E-state index in [9.17, 15) is 0 Å². The average Bonchev–Trinajstić information content (AvgIpc) is 2.60. The van der Waals surface area contributed by atoms with Gasteiger partial charge in [-0.1, -0.05) is 13.3 Å². The van der Waals surface area contributed by atoms with Gasteiger partial charge >= 0.3 is 0 Å². The van der Waals surface area contributed by atoms with Crippen LogP contribution in [0.25, 0.3) is 0 Å². The molecule has 1 aliphatic rings. The van der Waals surface area contributed by atoms with Gasteiger partial charge in [-0.15, -0.1) is 11.6 Å². The van der Waals surface area contributed by atoms with Crippen molar-refractivity contribution in [1.29, 1.82) is 0 Å². The maximum atomic E-state index is 5.85. The van der Waals surface area contributed by atoms with Gasteiger partial charge in [0.1, 0.15) is 0 Å². The fourth-order valence-electron chi connectivity index (χ4n) is 2.59. The molecule has 0 bridgehead atoms. The molecule has 0 spiro atoms. The van der Waals surface area contributed by atoms with Gasteiger partial charge in [-0.2, -0.15) is 5.10 Å². The second kappa shape index (κ2) is 7.09. The minimum Gasteiger partial charge on any atom is -0.294 e. The van der Waals surface area contributed by atoms with E-state index in [-0.39, 0.29) is 0 Å². The first-order valence-corrected chi connectivity index (χ1v) is 8.50. The molecule has 19 heavy (non-hydrogen) atoms. The van der Waals surface area contributed by atoms with Crippen molar-refractivity contribution in [2.75, 3.05) is 12.4 Å². The minimum absolute atomic E-state index is 0.745. The van der Waals surface area contributed by atoms with E-state index in [4.69, 9.17) is 11.6 Å². The lowest BCUT2D eigenvalue weighted by molar-refractivity contribution is 0.116. The number of hydrogen-bond donors (Lipinski definition) is 0. The Labute approximate surface area is 129 Å². The number of rotatable bonds is 7. The molecule has 2 rings (SSSR count). The van der Waals surface area contributed by atoms with E-state index in [1.165, 1.54) is 29.4 Å². The molecular weight excluding hydrogens is 326 g/mol. The van der Waals surface area contributed by atoms with Crippen molar-refractivity contribution in [3.05, 3.63) is 15.9 Å². The Balaban J connectivity index is 2.09. The molecule has 0 radical (unpaired) electrons. The summed E-state index contributed by atoms with van der Waals surface area (Å²) in [6, 6.07) is 0.745. The standard InChI is InChI=1S/C14H23BrClN3/c1-3-12-14(15)13(18(2)17-12)10-19(9-5-8-16)11-6-4-7-11/h11H,3-10H2,1-2H3. The molecular formula is C14H23BrClN3. The van der Waals surface area contributed by atoms with Crippen molar-refractivity contribution >= 4 is 27.5 Å². The van der Waals surface area contributed by atoms with Crippen molar-refractivity contribution in [3.8, 4) is 0 Å². The van der Waals surface area contributed by atoms with E-state index in [0.29, 0.717) is 0 Å². The average molecular weight is 349 g/mol. The zero-order chi connectivity index (χ0) is 13.8. The summed E-state index contributed by atoms with van der Waals surface area (Å²) in [5.41, 5.74) is 2.45. The van der Waals surface area contributed by atoms with Crippen LogP contribution in [-0.4, -0.2) is 33.1 Å². The maximum absolute atomic E-state index is 5.85. The van der Waals surface area contributed by atoms with Crippen molar-refractivity contribution in [2.24, 2.45) is 7.05 Å². The van der Waals surface area contributed by atoms with E-state index in [1.807, 2.05) is 11.7 Å². The van der Waals surface area contributed by atoms with Crippen LogP contribution >= 0.6 is 27.5 Å². The van der Waals surface area contributed by atoms with E-state index in [2.05, 4.69) is 32.9 Å². The molecule has 1 aromatic heterocycles. The summed E-state index contributed by atoms with van der Waals surface area (Å²) in [4.78, 5) is 2.58. The predicted octanol–water partition coefficient (Wildman–Crippen LogP) is 3.73. The highest BCUT2D eigenvalue weighted by Gasteiger charge is 2.26. The molecule has 0 aliphatic heterocycles. The molecule has 108 valence electrons. The van der Waals surface area contributed by atoms with E-state index in [1.54, 1.807) is 0 Å². The van der Waals surface area contributed by atoms with Crippen LogP contribution in [0.4, 0.5) is 0 Å². The molecule has 0 saturated heterocycles. The molecule has 0 amide bonds. The topological polar surface area (TPSA) is 21.1 Å².